The molecule has 27 heavy (non-hydrogen) atoms. The largest absolute Gasteiger partial charge is 0.464 e. The number of ether oxygens (including phenoxy) is 2. The number of benzene rings is 1. The van der Waals surface area contributed by atoms with Crippen molar-refractivity contribution in [3.8, 4) is 5.75 Å². The van der Waals surface area contributed by atoms with Crippen LogP contribution in [0.2, 0.25) is 0 Å². The topological polar surface area (TPSA) is 77.7 Å². The summed E-state index contributed by atoms with van der Waals surface area (Å²) in [5.41, 5.74) is 7.97. The number of nitrogens with two attached hydrogens (primary N) is 1. The molecule has 0 aliphatic carbocycles. The number of nitrogens with zero attached hydrogens (tertiary/aromatic N) is 2. The van der Waals surface area contributed by atoms with Crippen molar-refractivity contribution in [2.75, 3.05) is 13.1 Å². The number of hydrogen-bond donors (Lipinski definition) is 1. The molecule has 0 bridgehead atoms. The van der Waals surface area contributed by atoms with Gasteiger partial charge in [-0.2, -0.15) is 0 Å². The Morgan fingerprint density at radius 3 is 2.81 bits per heavy atom. The summed E-state index contributed by atoms with van der Waals surface area (Å²) in [4.78, 5) is 18.2. The van der Waals surface area contributed by atoms with E-state index in [-0.39, 0.29) is 18.4 Å². The highest BCUT2D eigenvalue weighted by atomic mass is 16.7. The predicted octanol–water partition coefficient (Wildman–Crippen LogP) is 2.68. The maximum absolute atomic E-state index is 11.4. The van der Waals surface area contributed by atoms with Gasteiger partial charge < -0.3 is 15.2 Å². The lowest BCUT2D eigenvalue weighted by Crippen LogP contribution is -2.40. The van der Waals surface area contributed by atoms with E-state index in [0.717, 1.165) is 43.8 Å². The fraction of sp³-hybridized carbons (Fsp3) is 0.429. The molecule has 1 aromatic carbocycles. The summed E-state index contributed by atoms with van der Waals surface area (Å²) in [6, 6.07) is 11.7. The number of para-hydroxylation sites is 1. The summed E-state index contributed by atoms with van der Waals surface area (Å²) < 4.78 is 12.1. The third-order valence-electron chi connectivity index (χ3n) is 5.48. The third kappa shape index (κ3) is 3.96. The van der Waals surface area contributed by atoms with Crippen LogP contribution in [0.5, 0.6) is 5.75 Å². The molecule has 3 heterocycles. The number of primary amides is 1. The van der Waals surface area contributed by atoms with Gasteiger partial charge in [-0.25, -0.2) is 0 Å². The van der Waals surface area contributed by atoms with Crippen LogP contribution in [0.1, 0.15) is 47.4 Å². The fourth-order valence-corrected chi connectivity index (χ4v) is 3.86. The summed E-state index contributed by atoms with van der Waals surface area (Å²) in [5, 5.41) is 0. The minimum absolute atomic E-state index is 0.136. The first-order valence-corrected chi connectivity index (χ1v) is 9.50. The van der Waals surface area contributed by atoms with Gasteiger partial charge in [-0.15, -0.1) is 0 Å². The summed E-state index contributed by atoms with van der Waals surface area (Å²) in [5.74, 6) is 0.518. The molecule has 1 aromatic heterocycles. The van der Waals surface area contributed by atoms with Gasteiger partial charge in [0.2, 0.25) is 12.2 Å². The van der Waals surface area contributed by atoms with E-state index in [1.165, 1.54) is 5.56 Å². The van der Waals surface area contributed by atoms with Gasteiger partial charge in [-0.1, -0.05) is 18.2 Å². The lowest BCUT2D eigenvalue weighted by Gasteiger charge is -2.36. The van der Waals surface area contributed by atoms with Gasteiger partial charge in [0.05, 0.1) is 11.8 Å². The number of carbonyl (C=O) groups excluding carboxylic acids is 1. The van der Waals surface area contributed by atoms with Crippen LogP contribution < -0.4 is 10.5 Å². The van der Waals surface area contributed by atoms with Crippen LogP contribution in [0.4, 0.5) is 0 Å². The van der Waals surface area contributed by atoms with E-state index >= 15 is 0 Å². The van der Waals surface area contributed by atoms with Crippen LogP contribution in [0.15, 0.2) is 42.6 Å². The SMILES string of the molecule is CC(c1cc(C(N)=O)ccn1)N1CCC(OC2Cc3ccccc3O2)CC1. The van der Waals surface area contributed by atoms with Crippen LogP contribution in [0.25, 0.3) is 0 Å². The van der Waals surface area contributed by atoms with E-state index in [4.69, 9.17) is 15.2 Å². The van der Waals surface area contributed by atoms with Gasteiger partial charge in [-0.3, -0.25) is 14.7 Å². The molecular formula is C21H25N3O3. The second-order valence-electron chi connectivity index (χ2n) is 7.24. The monoisotopic (exact) mass is 367 g/mol. The lowest BCUT2D eigenvalue weighted by molar-refractivity contribution is -0.123. The first-order valence-electron chi connectivity index (χ1n) is 9.50. The average molecular weight is 367 g/mol. The number of likely N-dealkylation sites (tertiary alicyclic amines) is 1. The van der Waals surface area contributed by atoms with Crippen molar-refractivity contribution in [1.29, 1.82) is 0 Å². The molecule has 0 spiro atoms. The molecule has 6 heteroatoms. The number of amides is 1. The van der Waals surface area contributed by atoms with Crippen LogP contribution in [0, 0.1) is 0 Å². The summed E-state index contributed by atoms with van der Waals surface area (Å²) in [6.45, 7) is 3.97. The van der Waals surface area contributed by atoms with E-state index in [1.54, 1.807) is 18.3 Å². The normalized spacial score (nSPS) is 21.4. The van der Waals surface area contributed by atoms with Gasteiger partial charge in [0, 0.05) is 42.9 Å². The molecule has 0 radical (unpaired) electrons. The Morgan fingerprint density at radius 1 is 1.30 bits per heavy atom. The molecule has 142 valence electrons. The zero-order valence-corrected chi connectivity index (χ0v) is 15.5. The van der Waals surface area contributed by atoms with Crippen molar-refractivity contribution >= 4 is 5.91 Å². The fourth-order valence-electron chi connectivity index (χ4n) is 3.86. The lowest BCUT2D eigenvalue weighted by atomic mass is 10.0. The Bertz CT molecular complexity index is 793. The van der Waals surface area contributed by atoms with E-state index in [9.17, 15) is 4.79 Å². The first kappa shape index (κ1) is 17.9. The highest BCUT2D eigenvalue weighted by molar-refractivity contribution is 5.92. The highest BCUT2D eigenvalue weighted by Crippen LogP contribution is 2.31. The van der Waals surface area contributed by atoms with Crippen LogP contribution in [-0.2, 0) is 11.2 Å². The quantitative estimate of drug-likeness (QED) is 0.879. The smallest absolute Gasteiger partial charge is 0.248 e. The average Bonchev–Trinajstić information content (AvgIpc) is 3.10. The Balaban J connectivity index is 1.30. The molecule has 1 amide bonds. The maximum Gasteiger partial charge on any atom is 0.248 e. The number of piperidine rings is 1. The molecular weight excluding hydrogens is 342 g/mol. The van der Waals surface area contributed by atoms with Crippen LogP contribution >= 0.6 is 0 Å². The molecule has 2 aliphatic heterocycles. The zero-order chi connectivity index (χ0) is 18.8. The Labute approximate surface area is 159 Å². The Kier molecular flexibility index (Phi) is 5.09. The standard InChI is InChI=1S/C21H25N3O3/c1-14(18-12-16(21(22)25)6-9-23-18)24-10-7-17(8-11-24)26-20-13-15-4-2-3-5-19(15)27-20/h2-6,9,12,14,17,20H,7-8,10-11,13H2,1H3,(H2,22,25). The maximum atomic E-state index is 11.4. The van der Waals surface area contributed by atoms with E-state index in [0.29, 0.717) is 5.56 Å². The molecule has 6 nitrogen and oxygen atoms in total. The van der Waals surface area contributed by atoms with Crippen molar-refractivity contribution in [1.82, 2.24) is 9.88 Å². The second-order valence-corrected chi connectivity index (χ2v) is 7.24. The summed E-state index contributed by atoms with van der Waals surface area (Å²) >= 11 is 0. The predicted molar refractivity (Wildman–Crippen MR) is 101 cm³/mol. The molecule has 4 rings (SSSR count). The summed E-state index contributed by atoms with van der Waals surface area (Å²) in [7, 11) is 0. The molecule has 1 fully saturated rings. The van der Waals surface area contributed by atoms with E-state index in [2.05, 4.69) is 22.9 Å². The molecule has 0 saturated carbocycles. The zero-order valence-electron chi connectivity index (χ0n) is 15.5. The highest BCUT2D eigenvalue weighted by Gasteiger charge is 2.30. The Hall–Kier alpha value is -2.44. The van der Waals surface area contributed by atoms with Gasteiger partial charge >= 0.3 is 0 Å². The van der Waals surface area contributed by atoms with Crippen LogP contribution in [0.3, 0.4) is 0 Å². The molecule has 2 aromatic rings. The van der Waals surface area contributed by atoms with E-state index in [1.807, 2.05) is 18.2 Å². The van der Waals surface area contributed by atoms with Gasteiger partial charge in [0.25, 0.3) is 0 Å². The first-order chi connectivity index (χ1) is 13.1. The number of rotatable bonds is 5. The molecule has 2 N–H and O–H groups in total. The van der Waals surface area contributed by atoms with Crippen molar-refractivity contribution < 1.29 is 14.3 Å². The van der Waals surface area contributed by atoms with Crippen LogP contribution in [-0.4, -0.2) is 41.3 Å². The second kappa shape index (κ2) is 7.66. The minimum Gasteiger partial charge on any atom is -0.464 e. The number of aromatic nitrogens is 1. The number of carbonyl (C=O) groups is 1. The van der Waals surface area contributed by atoms with Gasteiger partial charge in [0.1, 0.15) is 5.75 Å². The molecule has 2 unspecified atom stereocenters. The van der Waals surface area contributed by atoms with E-state index < -0.39 is 5.91 Å². The third-order valence-corrected chi connectivity index (χ3v) is 5.48. The minimum atomic E-state index is -0.421. The Morgan fingerprint density at radius 2 is 2.07 bits per heavy atom. The van der Waals surface area contributed by atoms with Gasteiger partial charge in [-0.05, 0) is 38.0 Å². The number of pyridine rings is 1. The van der Waals surface area contributed by atoms with Crippen molar-refractivity contribution in [3.63, 3.8) is 0 Å². The molecule has 2 aliphatic rings. The van der Waals surface area contributed by atoms with Crippen molar-refractivity contribution in [2.45, 2.75) is 44.6 Å². The molecule has 2 atom stereocenters. The summed E-state index contributed by atoms with van der Waals surface area (Å²) in [6.07, 6.45) is 4.41. The van der Waals surface area contributed by atoms with Gasteiger partial charge in [0.15, 0.2) is 0 Å². The molecule has 1 saturated heterocycles. The number of hydrogen-bond acceptors (Lipinski definition) is 5. The van der Waals surface area contributed by atoms with Crippen molar-refractivity contribution in [3.05, 3.63) is 59.4 Å². The van der Waals surface area contributed by atoms with Crippen molar-refractivity contribution in [2.24, 2.45) is 5.73 Å². The number of fused-ring (bicyclic) bond motifs is 1.